The van der Waals surface area contributed by atoms with Gasteiger partial charge in [0.05, 0.1) is 32.0 Å². The molecule has 1 aliphatic heterocycles. The van der Waals surface area contributed by atoms with E-state index in [0.717, 1.165) is 59.9 Å². The van der Waals surface area contributed by atoms with Gasteiger partial charge >= 0.3 is 0 Å². The Kier molecular flexibility index (Phi) is 6.90. The van der Waals surface area contributed by atoms with Gasteiger partial charge in [-0.2, -0.15) is 0 Å². The zero-order valence-electron chi connectivity index (χ0n) is 20.0. The Bertz CT molecular complexity index is 1280. The number of para-hydroxylation sites is 1. The van der Waals surface area contributed by atoms with E-state index in [1.807, 2.05) is 60.7 Å². The van der Waals surface area contributed by atoms with E-state index in [4.69, 9.17) is 19.2 Å². The fourth-order valence-corrected chi connectivity index (χ4v) is 4.42. The van der Waals surface area contributed by atoms with Crippen molar-refractivity contribution < 1.29 is 14.2 Å². The molecular weight excluding hydrogens is 442 g/mol. The third-order valence-corrected chi connectivity index (χ3v) is 6.23. The minimum atomic E-state index is 0.233. The number of methoxy groups -OCH3 is 2. The molecule has 8 nitrogen and oxygen atoms in total. The molecule has 3 heterocycles. The zero-order valence-corrected chi connectivity index (χ0v) is 20.0. The highest BCUT2D eigenvalue weighted by atomic mass is 16.5. The van der Waals surface area contributed by atoms with Crippen LogP contribution in [-0.2, 0) is 0 Å². The van der Waals surface area contributed by atoms with E-state index in [9.17, 15) is 0 Å². The summed E-state index contributed by atoms with van der Waals surface area (Å²) in [6, 6.07) is 19.9. The van der Waals surface area contributed by atoms with Crippen molar-refractivity contribution in [1.82, 2.24) is 20.3 Å². The molecule has 0 bridgehead atoms. The number of benzene rings is 2. The molecule has 4 aromatic rings. The van der Waals surface area contributed by atoms with E-state index in [1.165, 1.54) is 0 Å². The Morgan fingerprint density at radius 2 is 1.83 bits per heavy atom. The third kappa shape index (κ3) is 4.97. The summed E-state index contributed by atoms with van der Waals surface area (Å²) in [6.07, 6.45) is 2.48. The van der Waals surface area contributed by atoms with Crippen LogP contribution >= 0.6 is 0 Å². The van der Waals surface area contributed by atoms with Crippen LogP contribution in [0, 0.1) is 0 Å². The predicted octanol–water partition coefficient (Wildman–Crippen LogP) is 3.96. The maximum atomic E-state index is 5.97. The highest BCUT2D eigenvalue weighted by molar-refractivity contribution is 5.87. The fraction of sp³-hybridized carbons (Fsp3) is 0.296. The van der Waals surface area contributed by atoms with Crippen LogP contribution in [0.2, 0.25) is 0 Å². The van der Waals surface area contributed by atoms with Gasteiger partial charge in [0, 0.05) is 37.7 Å². The first kappa shape index (κ1) is 22.9. The van der Waals surface area contributed by atoms with Gasteiger partial charge in [-0.05, 0) is 42.5 Å². The first-order valence-electron chi connectivity index (χ1n) is 11.8. The van der Waals surface area contributed by atoms with Crippen molar-refractivity contribution in [2.24, 2.45) is 0 Å². The third-order valence-electron chi connectivity index (χ3n) is 6.23. The minimum absolute atomic E-state index is 0.233. The second-order valence-corrected chi connectivity index (χ2v) is 8.33. The SMILES string of the molecule is COc1ccc(-c2ccc3ncnc(N4CCNCC4CCOc4ccccc4)c3n2)cc1OC. The van der Waals surface area contributed by atoms with Crippen LogP contribution in [0.3, 0.4) is 0 Å². The maximum absolute atomic E-state index is 5.97. The molecule has 0 radical (unpaired) electrons. The summed E-state index contributed by atoms with van der Waals surface area (Å²) >= 11 is 0. The highest BCUT2D eigenvalue weighted by Crippen LogP contribution is 2.33. The topological polar surface area (TPSA) is 81.6 Å². The van der Waals surface area contributed by atoms with Crippen molar-refractivity contribution in [1.29, 1.82) is 0 Å². The van der Waals surface area contributed by atoms with Gasteiger partial charge in [0.25, 0.3) is 0 Å². The quantitative estimate of drug-likeness (QED) is 0.414. The number of rotatable bonds is 8. The highest BCUT2D eigenvalue weighted by Gasteiger charge is 2.26. The van der Waals surface area contributed by atoms with E-state index < -0.39 is 0 Å². The van der Waals surface area contributed by atoms with Crippen LogP contribution in [0.4, 0.5) is 5.82 Å². The lowest BCUT2D eigenvalue weighted by Crippen LogP contribution is -2.52. The summed E-state index contributed by atoms with van der Waals surface area (Å²) in [7, 11) is 3.26. The first-order valence-corrected chi connectivity index (χ1v) is 11.8. The van der Waals surface area contributed by atoms with Gasteiger partial charge in [-0.3, -0.25) is 0 Å². The molecule has 1 unspecified atom stereocenters. The number of hydrogen-bond donors (Lipinski definition) is 1. The molecule has 8 heteroatoms. The van der Waals surface area contributed by atoms with Crippen molar-refractivity contribution in [3.63, 3.8) is 0 Å². The Morgan fingerprint density at radius 1 is 0.971 bits per heavy atom. The molecular formula is C27H29N5O3. The molecule has 1 fully saturated rings. The number of aromatic nitrogens is 3. The van der Waals surface area contributed by atoms with Gasteiger partial charge in [0.15, 0.2) is 17.3 Å². The van der Waals surface area contributed by atoms with E-state index in [-0.39, 0.29) is 6.04 Å². The monoisotopic (exact) mass is 471 g/mol. The lowest BCUT2D eigenvalue weighted by atomic mass is 10.1. The largest absolute Gasteiger partial charge is 0.494 e. The molecule has 1 atom stereocenters. The summed E-state index contributed by atoms with van der Waals surface area (Å²) in [5, 5.41) is 3.51. The zero-order chi connectivity index (χ0) is 24.0. The van der Waals surface area contributed by atoms with Gasteiger partial charge in [0.2, 0.25) is 0 Å². The van der Waals surface area contributed by atoms with Gasteiger partial charge in [-0.15, -0.1) is 0 Å². The average Bonchev–Trinajstić information content (AvgIpc) is 2.93. The number of ether oxygens (including phenoxy) is 3. The summed E-state index contributed by atoms with van der Waals surface area (Å²) in [5.74, 6) is 3.08. The van der Waals surface area contributed by atoms with Crippen molar-refractivity contribution in [3.8, 4) is 28.5 Å². The van der Waals surface area contributed by atoms with Gasteiger partial charge in [-0.1, -0.05) is 18.2 Å². The Balaban J connectivity index is 1.43. The van der Waals surface area contributed by atoms with Crippen molar-refractivity contribution in [3.05, 3.63) is 67.0 Å². The summed E-state index contributed by atoms with van der Waals surface area (Å²) in [4.78, 5) is 16.5. The van der Waals surface area contributed by atoms with E-state index in [0.29, 0.717) is 18.1 Å². The fourth-order valence-electron chi connectivity index (χ4n) is 4.42. The van der Waals surface area contributed by atoms with Crippen LogP contribution in [0.15, 0.2) is 67.0 Å². The molecule has 0 spiro atoms. The summed E-state index contributed by atoms with van der Waals surface area (Å²) < 4.78 is 16.8. The molecule has 1 N–H and O–H groups in total. The Morgan fingerprint density at radius 3 is 2.66 bits per heavy atom. The first-order chi connectivity index (χ1) is 17.3. The molecule has 5 rings (SSSR count). The van der Waals surface area contributed by atoms with Crippen molar-refractivity contribution in [2.45, 2.75) is 12.5 Å². The van der Waals surface area contributed by atoms with E-state index in [2.05, 4.69) is 20.2 Å². The number of anilines is 1. The standard InChI is InChI=1S/C27H29N5O3/c1-33-24-11-8-19(16-25(24)34-2)22-9-10-23-26(31-22)27(30-18-29-23)32-14-13-28-17-20(32)12-15-35-21-6-4-3-5-7-21/h3-11,16,18,20,28H,12-15,17H2,1-2H3. The lowest BCUT2D eigenvalue weighted by molar-refractivity contribution is 0.286. The second kappa shape index (κ2) is 10.6. The van der Waals surface area contributed by atoms with Crippen LogP contribution in [0.25, 0.3) is 22.3 Å². The molecule has 2 aromatic heterocycles. The molecule has 1 saturated heterocycles. The van der Waals surface area contributed by atoms with Crippen LogP contribution < -0.4 is 24.4 Å². The molecule has 180 valence electrons. The smallest absolute Gasteiger partial charge is 0.161 e. The molecule has 35 heavy (non-hydrogen) atoms. The Hall–Kier alpha value is -3.91. The number of hydrogen-bond acceptors (Lipinski definition) is 8. The second-order valence-electron chi connectivity index (χ2n) is 8.33. The average molecular weight is 472 g/mol. The van der Waals surface area contributed by atoms with Gasteiger partial charge < -0.3 is 24.4 Å². The number of nitrogens with one attached hydrogen (secondary N) is 1. The van der Waals surface area contributed by atoms with Crippen LogP contribution in [-0.4, -0.2) is 61.5 Å². The minimum Gasteiger partial charge on any atom is -0.494 e. The normalized spacial score (nSPS) is 15.7. The van der Waals surface area contributed by atoms with Crippen molar-refractivity contribution in [2.75, 3.05) is 45.4 Å². The number of fused-ring (bicyclic) bond motifs is 1. The Labute approximate surface area is 204 Å². The van der Waals surface area contributed by atoms with Gasteiger partial charge in [-0.25, -0.2) is 15.0 Å². The number of pyridine rings is 1. The summed E-state index contributed by atoms with van der Waals surface area (Å²) in [5.41, 5.74) is 3.37. The lowest BCUT2D eigenvalue weighted by Gasteiger charge is -2.37. The molecule has 0 saturated carbocycles. The van der Waals surface area contributed by atoms with Crippen LogP contribution in [0.1, 0.15) is 6.42 Å². The molecule has 1 aliphatic rings. The number of nitrogens with zero attached hydrogens (tertiary/aromatic N) is 4. The van der Waals surface area contributed by atoms with E-state index >= 15 is 0 Å². The van der Waals surface area contributed by atoms with Crippen molar-refractivity contribution >= 4 is 16.9 Å². The predicted molar refractivity (Wildman–Crippen MR) is 136 cm³/mol. The molecule has 0 aliphatic carbocycles. The maximum Gasteiger partial charge on any atom is 0.161 e. The van der Waals surface area contributed by atoms with E-state index in [1.54, 1.807) is 20.5 Å². The summed E-state index contributed by atoms with van der Waals surface area (Å²) in [6.45, 7) is 3.21. The van der Waals surface area contributed by atoms with Gasteiger partial charge in [0.1, 0.15) is 17.6 Å². The van der Waals surface area contributed by atoms with Crippen LogP contribution in [0.5, 0.6) is 17.2 Å². The number of piperazine rings is 1. The molecule has 2 aromatic carbocycles. The molecule has 0 amide bonds.